The molecule has 1 aromatic heterocycles. The largest absolute Gasteiger partial charge is 0.494 e. The molecule has 28 heavy (non-hydrogen) atoms. The van der Waals surface area contributed by atoms with Crippen molar-refractivity contribution < 1.29 is 9.53 Å². The second-order valence-electron chi connectivity index (χ2n) is 6.20. The van der Waals surface area contributed by atoms with Gasteiger partial charge in [0.05, 0.1) is 6.61 Å². The van der Waals surface area contributed by atoms with Gasteiger partial charge in [0.15, 0.2) is 0 Å². The number of aromatic nitrogens is 1. The van der Waals surface area contributed by atoms with E-state index in [0.29, 0.717) is 18.8 Å². The van der Waals surface area contributed by atoms with Crippen molar-refractivity contribution in [3.05, 3.63) is 35.3 Å². The summed E-state index contributed by atoms with van der Waals surface area (Å²) in [7, 11) is 0. The molecule has 2 aromatic rings. The predicted molar refractivity (Wildman–Crippen MR) is 119 cm³/mol. The molecule has 2 heterocycles. The minimum absolute atomic E-state index is 0. The van der Waals surface area contributed by atoms with Gasteiger partial charge in [0.2, 0.25) is 0 Å². The van der Waals surface area contributed by atoms with E-state index in [1.54, 1.807) is 0 Å². The Labute approximate surface area is 182 Å². The molecular formula is C19H28Cl2N4O2S. The molecule has 6 nitrogen and oxygen atoms in total. The number of carbonyl (C=O) groups is 1. The fourth-order valence-corrected chi connectivity index (χ4v) is 3.71. The third-order valence-corrected chi connectivity index (χ3v) is 5.19. The number of ether oxygens (including phenoxy) is 1. The average Bonchev–Trinajstić information content (AvgIpc) is 3.17. The van der Waals surface area contributed by atoms with Crippen LogP contribution in [0.1, 0.15) is 23.8 Å². The maximum Gasteiger partial charge on any atom is 0.270 e. The summed E-state index contributed by atoms with van der Waals surface area (Å²) < 4.78 is 5.45. The summed E-state index contributed by atoms with van der Waals surface area (Å²) in [5.41, 5.74) is 1.48. The predicted octanol–water partition coefficient (Wildman–Crippen LogP) is 3.08. The summed E-state index contributed by atoms with van der Waals surface area (Å²) in [6.45, 7) is 8.60. The van der Waals surface area contributed by atoms with Crippen molar-refractivity contribution in [2.75, 3.05) is 45.9 Å². The van der Waals surface area contributed by atoms with Crippen LogP contribution in [0.15, 0.2) is 29.6 Å². The molecule has 2 N–H and O–H groups in total. The van der Waals surface area contributed by atoms with Crippen molar-refractivity contribution in [1.82, 2.24) is 20.5 Å². The summed E-state index contributed by atoms with van der Waals surface area (Å²) >= 11 is 1.48. The average molecular weight is 447 g/mol. The molecule has 3 rings (SSSR count). The van der Waals surface area contributed by atoms with Crippen LogP contribution >= 0.6 is 36.2 Å². The molecular weight excluding hydrogens is 419 g/mol. The number of benzene rings is 1. The Balaban J connectivity index is 0.00000196. The number of thiazole rings is 1. The lowest BCUT2D eigenvalue weighted by molar-refractivity contribution is 0.0947. The second-order valence-corrected chi connectivity index (χ2v) is 7.05. The molecule has 1 amide bonds. The third-order valence-electron chi connectivity index (χ3n) is 4.30. The molecule has 0 spiro atoms. The van der Waals surface area contributed by atoms with Crippen molar-refractivity contribution in [2.24, 2.45) is 0 Å². The van der Waals surface area contributed by atoms with Crippen LogP contribution < -0.4 is 15.4 Å². The van der Waals surface area contributed by atoms with Gasteiger partial charge in [-0.25, -0.2) is 4.98 Å². The number of piperazine rings is 1. The molecule has 0 unspecified atom stereocenters. The normalized spacial score (nSPS) is 13.9. The van der Waals surface area contributed by atoms with Crippen LogP contribution in [0.3, 0.4) is 0 Å². The molecule has 1 saturated heterocycles. The van der Waals surface area contributed by atoms with E-state index in [-0.39, 0.29) is 30.7 Å². The first kappa shape index (κ1) is 24.7. The van der Waals surface area contributed by atoms with E-state index in [9.17, 15) is 4.79 Å². The van der Waals surface area contributed by atoms with Crippen molar-refractivity contribution in [3.63, 3.8) is 0 Å². The highest BCUT2D eigenvalue weighted by Crippen LogP contribution is 2.25. The first-order chi connectivity index (χ1) is 12.8. The summed E-state index contributed by atoms with van der Waals surface area (Å²) in [6, 6.07) is 7.80. The summed E-state index contributed by atoms with van der Waals surface area (Å²) in [4.78, 5) is 19.2. The summed E-state index contributed by atoms with van der Waals surface area (Å²) in [6.07, 6.45) is 0.960. The van der Waals surface area contributed by atoms with E-state index < -0.39 is 0 Å². The highest BCUT2D eigenvalue weighted by molar-refractivity contribution is 7.13. The fourth-order valence-electron chi connectivity index (χ4n) is 2.90. The van der Waals surface area contributed by atoms with Gasteiger partial charge in [-0.3, -0.25) is 4.79 Å². The smallest absolute Gasteiger partial charge is 0.270 e. The van der Waals surface area contributed by atoms with Crippen LogP contribution in [0.4, 0.5) is 0 Å². The Hall–Kier alpha value is -1.38. The van der Waals surface area contributed by atoms with Crippen LogP contribution in [-0.4, -0.2) is 61.7 Å². The standard InChI is InChI=1S/C19H26N4O2S.2ClH/c1-2-25-16-6-4-15(5-7-16)19-22-17(14-26-19)18(24)21-8-3-11-23-12-9-20-10-13-23;;/h4-7,14,20H,2-3,8-13H2,1H3,(H,21,24);2*1H. The van der Waals surface area contributed by atoms with E-state index in [1.165, 1.54) is 11.3 Å². The molecule has 0 radical (unpaired) electrons. The molecule has 0 saturated carbocycles. The highest BCUT2D eigenvalue weighted by Gasteiger charge is 2.12. The third kappa shape index (κ3) is 7.22. The minimum Gasteiger partial charge on any atom is -0.494 e. The maximum atomic E-state index is 12.3. The number of amides is 1. The van der Waals surface area contributed by atoms with Crippen LogP contribution in [0, 0.1) is 0 Å². The highest BCUT2D eigenvalue weighted by atomic mass is 35.5. The van der Waals surface area contributed by atoms with Gasteiger partial charge in [-0.1, -0.05) is 0 Å². The van der Waals surface area contributed by atoms with Crippen molar-refractivity contribution >= 4 is 42.1 Å². The molecule has 1 aliphatic heterocycles. The number of nitrogens with one attached hydrogen (secondary N) is 2. The molecule has 0 bridgehead atoms. The van der Waals surface area contributed by atoms with Gasteiger partial charge in [-0.15, -0.1) is 36.2 Å². The number of halogens is 2. The first-order valence-corrected chi connectivity index (χ1v) is 10.0. The van der Waals surface area contributed by atoms with Gasteiger partial charge in [-0.05, 0) is 44.2 Å². The number of hydrogen-bond acceptors (Lipinski definition) is 6. The minimum atomic E-state index is -0.0984. The van der Waals surface area contributed by atoms with Crippen LogP contribution in [0.2, 0.25) is 0 Å². The van der Waals surface area contributed by atoms with Crippen LogP contribution in [0.25, 0.3) is 10.6 Å². The molecule has 156 valence electrons. The Bertz CT molecular complexity index is 706. The molecule has 1 aromatic carbocycles. The van der Waals surface area contributed by atoms with Crippen LogP contribution in [-0.2, 0) is 0 Å². The second kappa shape index (κ2) is 13.0. The first-order valence-electron chi connectivity index (χ1n) is 9.16. The van der Waals surface area contributed by atoms with Crippen molar-refractivity contribution in [3.8, 4) is 16.3 Å². The van der Waals surface area contributed by atoms with Gasteiger partial charge < -0.3 is 20.3 Å². The van der Waals surface area contributed by atoms with E-state index in [4.69, 9.17) is 4.74 Å². The maximum absolute atomic E-state index is 12.3. The molecule has 0 atom stereocenters. The fraction of sp³-hybridized carbons (Fsp3) is 0.474. The van der Waals surface area contributed by atoms with Gasteiger partial charge in [0, 0.05) is 43.7 Å². The van der Waals surface area contributed by atoms with Crippen molar-refractivity contribution in [1.29, 1.82) is 0 Å². The Morgan fingerprint density at radius 1 is 1.25 bits per heavy atom. The lowest BCUT2D eigenvalue weighted by Crippen LogP contribution is -2.44. The van der Waals surface area contributed by atoms with Gasteiger partial charge >= 0.3 is 0 Å². The van der Waals surface area contributed by atoms with E-state index in [2.05, 4.69) is 20.5 Å². The lowest BCUT2D eigenvalue weighted by atomic mass is 10.2. The summed E-state index contributed by atoms with van der Waals surface area (Å²) in [5, 5.41) is 8.98. The van der Waals surface area contributed by atoms with E-state index in [1.807, 2.05) is 36.6 Å². The SMILES string of the molecule is CCOc1ccc(-c2nc(C(=O)NCCCN3CCNCC3)cs2)cc1.Cl.Cl. The number of carbonyl (C=O) groups excluding carboxylic acids is 1. The zero-order chi connectivity index (χ0) is 18.2. The number of hydrogen-bond donors (Lipinski definition) is 2. The Morgan fingerprint density at radius 3 is 2.64 bits per heavy atom. The summed E-state index contributed by atoms with van der Waals surface area (Å²) in [5.74, 6) is 0.744. The molecule has 1 aliphatic rings. The zero-order valence-corrected chi connectivity index (χ0v) is 18.4. The van der Waals surface area contributed by atoms with Crippen LogP contribution in [0.5, 0.6) is 5.75 Å². The molecule has 1 fully saturated rings. The van der Waals surface area contributed by atoms with Crippen molar-refractivity contribution in [2.45, 2.75) is 13.3 Å². The van der Waals surface area contributed by atoms with Gasteiger partial charge in [0.1, 0.15) is 16.5 Å². The lowest BCUT2D eigenvalue weighted by Gasteiger charge is -2.26. The van der Waals surface area contributed by atoms with E-state index in [0.717, 1.165) is 55.5 Å². The Kier molecular flexibility index (Phi) is 11.4. The van der Waals surface area contributed by atoms with Gasteiger partial charge in [-0.2, -0.15) is 0 Å². The number of nitrogens with zero attached hydrogens (tertiary/aromatic N) is 2. The quantitative estimate of drug-likeness (QED) is 0.609. The van der Waals surface area contributed by atoms with E-state index >= 15 is 0 Å². The number of rotatable bonds is 8. The zero-order valence-electron chi connectivity index (χ0n) is 16.0. The topological polar surface area (TPSA) is 66.5 Å². The Morgan fingerprint density at radius 2 is 1.96 bits per heavy atom. The van der Waals surface area contributed by atoms with Gasteiger partial charge in [0.25, 0.3) is 5.91 Å². The molecule has 9 heteroatoms. The molecule has 0 aliphatic carbocycles. The monoisotopic (exact) mass is 446 g/mol.